The first kappa shape index (κ1) is 15.8. The molecule has 116 valence electrons. The number of nitrogens with zero attached hydrogens (tertiary/aromatic N) is 2. The van der Waals surface area contributed by atoms with Gasteiger partial charge >= 0.3 is 0 Å². The number of benzene rings is 2. The molecule has 0 spiro atoms. The maximum absolute atomic E-state index is 12.9. The Kier molecular flexibility index (Phi) is 4.80. The molecule has 0 aliphatic carbocycles. The molecule has 0 atom stereocenters. The number of anilines is 2. The molecular weight excluding hydrogens is 355 g/mol. The van der Waals surface area contributed by atoms with Gasteiger partial charge in [0.15, 0.2) is 5.11 Å². The van der Waals surface area contributed by atoms with E-state index in [0.717, 1.165) is 10.6 Å². The molecule has 2 N–H and O–H groups in total. The van der Waals surface area contributed by atoms with Crippen LogP contribution in [0.25, 0.3) is 10.6 Å². The number of rotatable bonds is 3. The van der Waals surface area contributed by atoms with E-state index in [4.69, 9.17) is 23.8 Å². The third-order valence-electron chi connectivity index (χ3n) is 2.84. The lowest BCUT2D eigenvalue weighted by molar-refractivity contribution is 0.628. The second kappa shape index (κ2) is 6.99. The van der Waals surface area contributed by atoms with Crippen LogP contribution in [0.15, 0.2) is 48.5 Å². The quantitative estimate of drug-likeness (QED) is 0.653. The van der Waals surface area contributed by atoms with Gasteiger partial charge in [0, 0.05) is 16.3 Å². The van der Waals surface area contributed by atoms with E-state index in [1.807, 2.05) is 12.1 Å². The molecule has 0 saturated heterocycles. The molecule has 0 radical (unpaired) electrons. The van der Waals surface area contributed by atoms with Crippen LogP contribution >= 0.6 is 35.2 Å². The summed E-state index contributed by atoms with van der Waals surface area (Å²) in [6, 6.07) is 13.3. The second-order valence-corrected chi connectivity index (χ2v) is 6.33. The number of hydrogen-bond acceptors (Lipinski definition) is 4. The number of thiocarbonyl (C=S) groups is 1. The molecule has 8 heteroatoms. The predicted molar refractivity (Wildman–Crippen MR) is 96.6 cm³/mol. The molecule has 3 aromatic rings. The van der Waals surface area contributed by atoms with Gasteiger partial charge in [0.1, 0.15) is 10.8 Å². The van der Waals surface area contributed by atoms with Crippen molar-refractivity contribution in [2.75, 3.05) is 10.6 Å². The molecule has 3 rings (SSSR count). The van der Waals surface area contributed by atoms with E-state index < -0.39 is 0 Å². The summed E-state index contributed by atoms with van der Waals surface area (Å²) >= 11 is 12.4. The van der Waals surface area contributed by atoms with Gasteiger partial charge in [-0.15, -0.1) is 10.2 Å². The SMILES string of the molecule is Fc1ccc(NC(=S)Nc2nnc(-c3ccc(Cl)cc3)s2)cc1. The van der Waals surface area contributed by atoms with Gasteiger partial charge in [0.2, 0.25) is 5.13 Å². The van der Waals surface area contributed by atoms with Crippen molar-refractivity contribution in [3.8, 4) is 10.6 Å². The van der Waals surface area contributed by atoms with E-state index in [9.17, 15) is 4.39 Å². The first-order valence-corrected chi connectivity index (χ1v) is 8.13. The lowest BCUT2D eigenvalue weighted by atomic mass is 10.2. The fraction of sp³-hybridized carbons (Fsp3) is 0. The molecule has 0 aliphatic rings. The van der Waals surface area contributed by atoms with Crippen LogP contribution in [0.1, 0.15) is 0 Å². The summed E-state index contributed by atoms with van der Waals surface area (Å²) in [6.45, 7) is 0. The molecule has 23 heavy (non-hydrogen) atoms. The number of nitrogens with one attached hydrogen (secondary N) is 2. The summed E-state index contributed by atoms with van der Waals surface area (Å²) < 4.78 is 12.9. The van der Waals surface area contributed by atoms with E-state index >= 15 is 0 Å². The molecule has 1 heterocycles. The van der Waals surface area contributed by atoms with Crippen LogP contribution in [-0.4, -0.2) is 15.3 Å². The third-order valence-corrected chi connectivity index (χ3v) is 4.18. The van der Waals surface area contributed by atoms with Crippen molar-refractivity contribution in [3.63, 3.8) is 0 Å². The van der Waals surface area contributed by atoms with E-state index in [1.54, 1.807) is 24.3 Å². The summed E-state index contributed by atoms with van der Waals surface area (Å²) in [5.74, 6) is -0.300. The van der Waals surface area contributed by atoms with Gasteiger partial charge in [-0.25, -0.2) is 4.39 Å². The average molecular weight is 365 g/mol. The average Bonchev–Trinajstić information content (AvgIpc) is 2.98. The molecule has 0 unspecified atom stereocenters. The molecule has 0 aliphatic heterocycles. The van der Waals surface area contributed by atoms with Crippen molar-refractivity contribution in [1.82, 2.24) is 10.2 Å². The Balaban J connectivity index is 1.65. The lowest BCUT2D eigenvalue weighted by Crippen LogP contribution is -2.18. The van der Waals surface area contributed by atoms with Gasteiger partial charge in [-0.3, -0.25) is 0 Å². The first-order chi connectivity index (χ1) is 11.1. The highest BCUT2D eigenvalue weighted by molar-refractivity contribution is 7.80. The van der Waals surface area contributed by atoms with Gasteiger partial charge in [-0.05, 0) is 48.6 Å². The summed E-state index contributed by atoms with van der Waals surface area (Å²) in [5.41, 5.74) is 1.61. The van der Waals surface area contributed by atoms with Crippen molar-refractivity contribution < 1.29 is 4.39 Å². The van der Waals surface area contributed by atoms with Crippen LogP contribution in [-0.2, 0) is 0 Å². The molecule has 0 bridgehead atoms. The third kappa shape index (κ3) is 4.22. The van der Waals surface area contributed by atoms with Crippen molar-refractivity contribution in [3.05, 3.63) is 59.4 Å². The van der Waals surface area contributed by atoms with E-state index in [2.05, 4.69) is 20.8 Å². The van der Waals surface area contributed by atoms with Crippen LogP contribution in [0.4, 0.5) is 15.2 Å². The Bertz CT molecular complexity index is 818. The molecular formula is C15H10ClFN4S2. The standard InChI is InChI=1S/C15H10ClFN4S2/c16-10-3-1-9(2-4-10)13-20-21-15(23-13)19-14(22)18-12-7-5-11(17)6-8-12/h1-8H,(H2,18,19,21,22). The van der Waals surface area contributed by atoms with Crippen molar-refractivity contribution >= 4 is 51.1 Å². The van der Waals surface area contributed by atoms with Crippen LogP contribution in [0, 0.1) is 5.82 Å². The minimum atomic E-state index is -0.300. The maximum Gasteiger partial charge on any atom is 0.212 e. The second-order valence-electron chi connectivity index (χ2n) is 4.51. The Morgan fingerprint density at radius 2 is 1.70 bits per heavy atom. The zero-order valence-electron chi connectivity index (χ0n) is 11.6. The van der Waals surface area contributed by atoms with Gasteiger partial charge in [0.05, 0.1) is 0 Å². The minimum Gasteiger partial charge on any atom is -0.332 e. The van der Waals surface area contributed by atoms with Crippen molar-refractivity contribution in [2.45, 2.75) is 0 Å². The fourth-order valence-electron chi connectivity index (χ4n) is 1.78. The number of halogens is 2. The number of hydrogen-bond donors (Lipinski definition) is 2. The summed E-state index contributed by atoms with van der Waals surface area (Å²) in [7, 11) is 0. The molecule has 0 fully saturated rings. The highest BCUT2D eigenvalue weighted by atomic mass is 35.5. The van der Waals surface area contributed by atoms with Gasteiger partial charge in [-0.1, -0.05) is 35.1 Å². The van der Waals surface area contributed by atoms with E-state index in [-0.39, 0.29) is 5.82 Å². The summed E-state index contributed by atoms with van der Waals surface area (Å²) in [5, 5.41) is 16.4. The van der Waals surface area contributed by atoms with Crippen LogP contribution in [0.3, 0.4) is 0 Å². The topological polar surface area (TPSA) is 49.8 Å². The Labute approximate surface area is 146 Å². The molecule has 1 aromatic heterocycles. The van der Waals surface area contributed by atoms with Crippen LogP contribution in [0.5, 0.6) is 0 Å². The Hall–Kier alpha value is -2.09. The molecule has 2 aromatic carbocycles. The minimum absolute atomic E-state index is 0.300. The smallest absolute Gasteiger partial charge is 0.212 e. The van der Waals surface area contributed by atoms with E-state index in [1.165, 1.54) is 23.5 Å². The largest absolute Gasteiger partial charge is 0.332 e. The van der Waals surface area contributed by atoms with Crippen LogP contribution < -0.4 is 10.6 Å². The van der Waals surface area contributed by atoms with Gasteiger partial charge in [0.25, 0.3) is 0 Å². The lowest BCUT2D eigenvalue weighted by Gasteiger charge is -2.07. The van der Waals surface area contributed by atoms with Crippen molar-refractivity contribution in [2.24, 2.45) is 0 Å². The van der Waals surface area contributed by atoms with Crippen LogP contribution in [0.2, 0.25) is 5.02 Å². The summed E-state index contributed by atoms with van der Waals surface area (Å²) in [4.78, 5) is 0. The highest BCUT2D eigenvalue weighted by Gasteiger charge is 2.08. The molecule has 0 amide bonds. The van der Waals surface area contributed by atoms with E-state index in [0.29, 0.717) is 21.0 Å². The maximum atomic E-state index is 12.9. The summed E-state index contributed by atoms with van der Waals surface area (Å²) in [6.07, 6.45) is 0. The Morgan fingerprint density at radius 3 is 2.39 bits per heavy atom. The zero-order valence-corrected chi connectivity index (χ0v) is 14.0. The number of aromatic nitrogens is 2. The molecule has 0 saturated carbocycles. The first-order valence-electron chi connectivity index (χ1n) is 6.53. The zero-order chi connectivity index (χ0) is 16.2. The van der Waals surface area contributed by atoms with Gasteiger partial charge < -0.3 is 10.6 Å². The van der Waals surface area contributed by atoms with Crippen molar-refractivity contribution in [1.29, 1.82) is 0 Å². The Morgan fingerprint density at radius 1 is 1.00 bits per heavy atom. The molecule has 4 nitrogen and oxygen atoms in total. The highest BCUT2D eigenvalue weighted by Crippen LogP contribution is 2.27. The monoisotopic (exact) mass is 364 g/mol. The normalized spacial score (nSPS) is 10.3. The predicted octanol–water partition coefficient (Wildman–Crippen LogP) is 4.81. The fourth-order valence-corrected chi connectivity index (χ4v) is 2.93. The van der Waals surface area contributed by atoms with Gasteiger partial charge in [-0.2, -0.15) is 0 Å².